The van der Waals surface area contributed by atoms with Crippen LogP contribution in [-0.2, 0) is 11.3 Å². The van der Waals surface area contributed by atoms with Crippen molar-refractivity contribution in [3.63, 3.8) is 0 Å². The van der Waals surface area contributed by atoms with Gasteiger partial charge >= 0.3 is 0 Å². The number of nitrogen functional groups attached to an aromatic ring is 1. The third-order valence-corrected chi connectivity index (χ3v) is 4.19. The van der Waals surface area contributed by atoms with E-state index in [-0.39, 0.29) is 24.0 Å². The average molecular weight is 364 g/mol. The zero-order valence-electron chi connectivity index (χ0n) is 15.1. The Morgan fingerprint density at radius 2 is 1.78 bits per heavy atom. The average Bonchev–Trinajstić information content (AvgIpc) is 3.00. The summed E-state index contributed by atoms with van der Waals surface area (Å²) in [6.45, 7) is 3.75. The molecule has 2 aromatic carbocycles. The first kappa shape index (κ1) is 18.1. The number of para-hydroxylation sites is 1. The Labute approximate surface area is 156 Å². The molecule has 0 aliphatic rings. The summed E-state index contributed by atoms with van der Waals surface area (Å²) in [6.07, 6.45) is 0. The Morgan fingerprint density at radius 3 is 2.52 bits per heavy atom. The second-order valence-electron chi connectivity index (χ2n) is 6.10. The molecule has 27 heavy (non-hydrogen) atoms. The van der Waals surface area contributed by atoms with Gasteiger partial charge in [0.1, 0.15) is 6.54 Å². The molecule has 0 fully saturated rings. The molecule has 0 atom stereocenters. The summed E-state index contributed by atoms with van der Waals surface area (Å²) in [5.74, 6) is -0.769. The molecule has 0 unspecified atom stereocenters. The number of amides is 2. The maximum atomic E-state index is 12.3. The molecule has 0 saturated heterocycles. The van der Waals surface area contributed by atoms with Crippen LogP contribution in [0.2, 0.25) is 0 Å². The van der Waals surface area contributed by atoms with Gasteiger partial charge < -0.3 is 16.4 Å². The number of hydrogen-bond donors (Lipinski definition) is 3. The van der Waals surface area contributed by atoms with Gasteiger partial charge in [0.05, 0.1) is 0 Å². The van der Waals surface area contributed by atoms with Crippen molar-refractivity contribution in [3.8, 4) is 0 Å². The quantitative estimate of drug-likeness (QED) is 0.643. The van der Waals surface area contributed by atoms with E-state index >= 15 is 0 Å². The van der Waals surface area contributed by atoms with Crippen LogP contribution in [-0.4, -0.2) is 26.8 Å². The highest BCUT2D eigenvalue weighted by atomic mass is 16.2. The van der Waals surface area contributed by atoms with Gasteiger partial charge in [0, 0.05) is 11.4 Å². The van der Waals surface area contributed by atoms with Crippen LogP contribution >= 0.6 is 0 Å². The molecule has 0 radical (unpaired) electrons. The van der Waals surface area contributed by atoms with E-state index in [4.69, 9.17) is 5.73 Å². The lowest BCUT2D eigenvalue weighted by Gasteiger charge is -2.10. The van der Waals surface area contributed by atoms with E-state index in [1.807, 2.05) is 38.1 Å². The summed E-state index contributed by atoms with van der Waals surface area (Å²) in [7, 11) is 0. The molecule has 4 N–H and O–H groups in total. The molecule has 1 heterocycles. The van der Waals surface area contributed by atoms with Crippen molar-refractivity contribution in [3.05, 3.63) is 65.4 Å². The van der Waals surface area contributed by atoms with Crippen molar-refractivity contribution in [1.29, 1.82) is 0 Å². The Bertz CT molecular complexity index is 981. The van der Waals surface area contributed by atoms with Crippen molar-refractivity contribution in [2.24, 2.45) is 0 Å². The lowest BCUT2D eigenvalue weighted by Crippen LogP contribution is -2.22. The number of carbonyl (C=O) groups is 2. The number of hydrogen-bond acceptors (Lipinski definition) is 5. The molecule has 2 amide bonds. The van der Waals surface area contributed by atoms with E-state index in [0.29, 0.717) is 5.69 Å². The summed E-state index contributed by atoms with van der Waals surface area (Å²) < 4.78 is 1.19. The predicted molar refractivity (Wildman–Crippen MR) is 103 cm³/mol. The topological polar surface area (TPSA) is 115 Å². The van der Waals surface area contributed by atoms with Crippen molar-refractivity contribution in [2.45, 2.75) is 20.4 Å². The number of nitrogens with one attached hydrogen (secondary N) is 2. The standard InChI is InChI=1S/C19H20N6O2/c1-12-7-6-10-15(13(12)2)22-16(26)11-25-18(20)17(23-24-25)19(27)21-14-8-4-3-5-9-14/h3-10H,11,20H2,1-2H3,(H,21,27)(H,22,26). The molecule has 8 nitrogen and oxygen atoms in total. The van der Waals surface area contributed by atoms with Crippen molar-refractivity contribution in [2.75, 3.05) is 16.4 Å². The number of carbonyl (C=O) groups excluding carboxylic acids is 2. The molecule has 1 aromatic heterocycles. The summed E-state index contributed by atoms with van der Waals surface area (Å²) in [6, 6.07) is 14.6. The molecule has 0 spiro atoms. The molecule has 138 valence electrons. The Balaban J connectivity index is 1.69. The minimum Gasteiger partial charge on any atom is -0.382 e. The Kier molecular flexibility index (Phi) is 5.16. The SMILES string of the molecule is Cc1cccc(NC(=O)Cn2nnc(C(=O)Nc3ccccc3)c2N)c1C. The number of aryl methyl sites for hydroxylation is 1. The number of rotatable bonds is 5. The van der Waals surface area contributed by atoms with Gasteiger partial charge in [-0.05, 0) is 43.2 Å². The fourth-order valence-corrected chi connectivity index (χ4v) is 2.52. The normalized spacial score (nSPS) is 10.4. The number of benzene rings is 2. The third-order valence-electron chi connectivity index (χ3n) is 4.19. The van der Waals surface area contributed by atoms with Crippen molar-refractivity contribution in [1.82, 2.24) is 15.0 Å². The number of nitrogens with two attached hydrogens (primary N) is 1. The summed E-state index contributed by atoms with van der Waals surface area (Å²) >= 11 is 0. The van der Waals surface area contributed by atoms with E-state index in [0.717, 1.165) is 16.8 Å². The minimum absolute atomic E-state index is 0.0274. The highest BCUT2D eigenvalue weighted by molar-refractivity contribution is 6.05. The smallest absolute Gasteiger partial charge is 0.280 e. The maximum Gasteiger partial charge on any atom is 0.280 e. The zero-order chi connectivity index (χ0) is 19.4. The summed E-state index contributed by atoms with van der Waals surface area (Å²) in [4.78, 5) is 24.6. The van der Waals surface area contributed by atoms with E-state index in [9.17, 15) is 9.59 Å². The largest absolute Gasteiger partial charge is 0.382 e. The van der Waals surface area contributed by atoms with Crippen LogP contribution in [0.5, 0.6) is 0 Å². The molecule has 8 heteroatoms. The number of aromatic nitrogens is 3. The van der Waals surface area contributed by atoms with Crippen LogP contribution in [0.3, 0.4) is 0 Å². The molecule has 3 aromatic rings. The highest BCUT2D eigenvalue weighted by Crippen LogP contribution is 2.18. The van der Waals surface area contributed by atoms with Crippen LogP contribution in [0.25, 0.3) is 0 Å². The van der Waals surface area contributed by atoms with E-state index in [1.54, 1.807) is 24.3 Å². The zero-order valence-corrected chi connectivity index (χ0v) is 15.1. The van der Waals surface area contributed by atoms with Crippen molar-refractivity contribution >= 4 is 29.0 Å². The fraction of sp³-hybridized carbons (Fsp3) is 0.158. The van der Waals surface area contributed by atoms with E-state index < -0.39 is 5.91 Å². The summed E-state index contributed by atoms with van der Waals surface area (Å²) in [5.41, 5.74) is 9.32. The van der Waals surface area contributed by atoms with Gasteiger partial charge in [-0.3, -0.25) is 9.59 Å². The molecule has 0 aliphatic carbocycles. The van der Waals surface area contributed by atoms with Crippen LogP contribution in [0.1, 0.15) is 21.6 Å². The van der Waals surface area contributed by atoms with Gasteiger partial charge in [-0.1, -0.05) is 35.5 Å². The Hall–Kier alpha value is -3.68. The second kappa shape index (κ2) is 7.69. The van der Waals surface area contributed by atoms with E-state index in [2.05, 4.69) is 20.9 Å². The minimum atomic E-state index is -0.486. The van der Waals surface area contributed by atoms with Gasteiger partial charge in [0.2, 0.25) is 5.91 Å². The van der Waals surface area contributed by atoms with Crippen molar-refractivity contribution < 1.29 is 9.59 Å². The lowest BCUT2D eigenvalue weighted by molar-refractivity contribution is -0.116. The molecular weight excluding hydrogens is 344 g/mol. The first-order chi connectivity index (χ1) is 13.0. The fourth-order valence-electron chi connectivity index (χ4n) is 2.52. The third kappa shape index (κ3) is 4.12. The molecule has 3 rings (SSSR count). The number of anilines is 3. The van der Waals surface area contributed by atoms with Crippen LogP contribution < -0.4 is 16.4 Å². The number of nitrogens with zero attached hydrogens (tertiary/aromatic N) is 3. The van der Waals surface area contributed by atoms with Gasteiger partial charge in [0.15, 0.2) is 11.5 Å². The van der Waals surface area contributed by atoms with Gasteiger partial charge in [-0.15, -0.1) is 5.10 Å². The summed E-state index contributed by atoms with van der Waals surface area (Å²) in [5, 5.41) is 13.1. The monoisotopic (exact) mass is 364 g/mol. The lowest BCUT2D eigenvalue weighted by atomic mass is 10.1. The van der Waals surface area contributed by atoms with Gasteiger partial charge in [0.25, 0.3) is 5.91 Å². The van der Waals surface area contributed by atoms with Gasteiger partial charge in [-0.25, -0.2) is 4.68 Å². The maximum absolute atomic E-state index is 12.3. The van der Waals surface area contributed by atoms with Crippen LogP contribution in [0, 0.1) is 13.8 Å². The molecule has 0 bridgehead atoms. The molecule has 0 saturated carbocycles. The van der Waals surface area contributed by atoms with E-state index in [1.165, 1.54) is 4.68 Å². The van der Waals surface area contributed by atoms with Crippen LogP contribution in [0.15, 0.2) is 48.5 Å². The molecular formula is C19H20N6O2. The first-order valence-corrected chi connectivity index (χ1v) is 8.37. The second-order valence-corrected chi connectivity index (χ2v) is 6.10. The predicted octanol–water partition coefficient (Wildman–Crippen LogP) is 2.37. The molecule has 0 aliphatic heterocycles. The Morgan fingerprint density at radius 1 is 1.04 bits per heavy atom. The van der Waals surface area contributed by atoms with Gasteiger partial charge in [-0.2, -0.15) is 0 Å². The van der Waals surface area contributed by atoms with Crippen LogP contribution in [0.4, 0.5) is 17.2 Å². The first-order valence-electron chi connectivity index (χ1n) is 8.37. The highest BCUT2D eigenvalue weighted by Gasteiger charge is 2.19.